The van der Waals surface area contributed by atoms with Crippen LogP contribution in [0.15, 0.2) is 71.8 Å². The van der Waals surface area contributed by atoms with Gasteiger partial charge in [-0.2, -0.15) is 0 Å². The summed E-state index contributed by atoms with van der Waals surface area (Å²) >= 11 is 1.77. The average Bonchev–Trinajstić information content (AvgIpc) is 2.94. The van der Waals surface area contributed by atoms with Gasteiger partial charge in [-0.3, -0.25) is 0 Å². The summed E-state index contributed by atoms with van der Waals surface area (Å²) in [6, 6.07) is 23.6. The van der Waals surface area contributed by atoms with E-state index >= 15 is 0 Å². The van der Waals surface area contributed by atoms with Crippen LogP contribution >= 0.6 is 11.8 Å². The zero-order valence-corrected chi connectivity index (χ0v) is 12.6. The summed E-state index contributed by atoms with van der Waals surface area (Å²) in [6.45, 7) is 0. The lowest BCUT2D eigenvalue weighted by Crippen LogP contribution is -1.78. The molecule has 1 aromatic heterocycles. The van der Waals surface area contributed by atoms with Crippen LogP contribution in [0.4, 0.5) is 0 Å². The zero-order valence-electron chi connectivity index (χ0n) is 11.8. The van der Waals surface area contributed by atoms with E-state index in [0.717, 1.165) is 0 Å². The van der Waals surface area contributed by atoms with Gasteiger partial charge in [-0.15, -0.1) is 11.8 Å². The molecule has 1 nitrogen and oxygen atoms in total. The van der Waals surface area contributed by atoms with Gasteiger partial charge < -0.3 is 4.98 Å². The summed E-state index contributed by atoms with van der Waals surface area (Å²) < 4.78 is 0. The highest BCUT2D eigenvalue weighted by atomic mass is 32.2. The number of H-pyrrole nitrogens is 1. The summed E-state index contributed by atoms with van der Waals surface area (Å²) in [6.07, 6.45) is 2.12. The molecule has 0 aliphatic rings. The fourth-order valence-electron chi connectivity index (χ4n) is 2.96. The Morgan fingerprint density at radius 1 is 0.762 bits per heavy atom. The maximum Gasteiger partial charge on any atom is 0.0809 e. The van der Waals surface area contributed by atoms with Crippen LogP contribution < -0.4 is 0 Å². The number of aromatic amines is 1. The van der Waals surface area contributed by atoms with E-state index in [4.69, 9.17) is 0 Å². The molecule has 0 atom stereocenters. The van der Waals surface area contributed by atoms with Crippen LogP contribution in [-0.4, -0.2) is 11.2 Å². The molecule has 21 heavy (non-hydrogen) atoms. The van der Waals surface area contributed by atoms with Crippen LogP contribution in [0.2, 0.25) is 0 Å². The summed E-state index contributed by atoms with van der Waals surface area (Å²) in [4.78, 5) is 3.62. The first kappa shape index (κ1) is 12.5. The number of hydrogen-bond donors (Lipinski definition) is 1. The van der Waals surface area contributed by atoms with Crippen molar-refractivity contribution in [2.45, 2.75) is 5.03 Å². The number of fused-ring (bicyclic) bond motifs is 3. The van der Waals surface area contributed by atoms with Gasteiger partial charge in [0.2, 0.25) is 0 Å². The van der Waals surface area contributed by atoms with Gasteiger partial charge in [-0.25, -0.2) is 0 Å². The minimum absolute atomic E-state index is 1.23. The van der Waals surface area contributed by atoms with Crippen LogP contribution in [0.3, 0.4) is 0 Å². The van der Waals surface area contributed by atoms with Crippen molar-refractivity contribution >= 4 is 33.4 Å². The smallest absolute Gasteiger partial charge is 0.0809 e. The standard InChI is InChI=1S/C19H15NS/c1-21-19-17(14-8-3-2-4-9-14)16-12-11-13-7-5-6-10-15(13)18(16)20-19/h2-12,20H,1H3. The molecule has 0 aliphatic heterocycles. The Hall–Kier alpha value is -2.19. The Kier molecular flexibility index (Phi) is 2.97. The second-order valence-corrected chi connectivity index (χ2v) is 5.93. The molecule has 0 saturated carbocycles. The van der Waals surface area contributed by atoms with Crippen LogP contribution in [0.5, 0.6) is 0 Å². The first-order chi connectivity index (χ1) is 10.4. The van der Waals surface area contributed by atoms with Crippen molar-refractivity contribution in [3.8, 4) is 11.1 Å². The third-order valence-corrected chi connectivity index (χ3v) is 4.64. The lowest BCUT2D eigenvalue weighted by molar-refractivity contribution is 1.25. The quantitative estimate of drug-likeness (QED) is 0.467. The van der Waals surface area contributed by atoms with Gasteiger partial charge in [0.1, 0.15) is 0 Å². The molecule has 0 amide bonds. The molecule has 4 rings (SSSR count). The molecule has 0 bridgehead atoms. The average molecular weight is 289 g/mol. The Bertz CT molecular complexity index is 922. The lowest BCUT2D eigenvalue weighted by Gasteiger charge is -2.03. The van der Waals surface area contributed by atoms with Crippen molar-refractivity contribution in [2.24, 2.45) is 0 Å². The van der Waals surface area contributed by atoms with Crippen molar-refractivity contribution in [2.75, 3.05) is 6.26 Å². The molecule has 0 spiro atoms. The van der Waals surface area contributed by atoms with Crippen molar-refractivity contribution < 1.29 is 0 Å². The van der Waals surface area contributed by atoms with Crippen LogP contribution in [0.25, 0.3) is 32.8 Å². The maximum absolute atomic E-state index is 3.62. The van der Waals surface area contributed by atoms with E-state index in [0.29, 0.717) is 0 Å². The van der Waals surface area contributed by atoms with Gasteiger partial charge >= 0.3 is 0 Å². The second-order valence-electron chi connectivity index (χ2n) is 5.11. The SMILES string of the molecule is CSc1[nH]c2c(ccc3ccccc32)c1-c1ccccc1. The second kappa shape index (κ2) is 4.97. The van der Waals surface area contributed by atoms with Crippen LogP contribution in [-0.2, 0) is 0 Å². The fraction of sp³-hybridized carbons (Fsp3) is 0.0526. The number of benzene rings is 3. The van der Waals surface area contributed by atoms with Crippen molar-refractivity contribution in [1.29, 1.82) is 0 Å². The summed E-state index contributed by atoms with van der Waals surface area (Å²) in [7, 11) is 0. The molecule has 1 N–H and O–H groups in total. The van der Waals surface area contributed by atoms with E-state index in [2.05, 4.69) is 78.0 Å². The Labute approximate surface area is 128 Å². The van der Waals surface area contributed by atoms with Gasteiger partial charge in [-0.05, 0) is 17.2 Å². The molecule has 1 heterocycles. The molecule has 4 aromatic rings. The molecule has 0 fully saturated rings. The lowest BCUT2D eigenvalue weighted by atomic mass is 10.0. The molecule has 0 unspecified atom stereocenters. The molecule has 102 valence electrons. The minimum Gasteiger partial charge on any atom is -0.349 e. The number of rotatable bonds is 2. The first-order valence-corrected chi connectivity index (χ1v) is 8.24. The van der Waals surface area contributed by atoms with Gasteiger partial charge in [0.25, 0.3) is 0 Å². The van der Waals surface area contributed by atoms with Gasteiger partial charge in [-0.1, -0.05) is 66.7 Å². The first-order valence-electron chi connectivity index (χ1n) is 7.01. The van der Waals surface area contributed by atoms with Gasteiger partial charge in [0.15, 0.2) is 0 Å². The van der Waals surface area contributed by atoms with E-state index < -0.39 is 0 Å². The predicted molar refractivity (Wildman–Crippen MR) is 93.0 cm³/mol. The number of hydrogen-bond acceptors (Lipinski definition) is 1. The van der Waals surface area contributed by atoms with E-state index in [1.165, 1.54) is 37.8 Å². The van der Waals surface area contributed by atoms with E-state index in [9.17, 15) is 0 Å². The van der Waals surface area contributed by atoms with E-state index in [1.807, 2.05) is 0 Å². The van der Waals surface area contributed by atoms with Crippen molar-refractivity contribution in [3.05, 3.63) is 66.7 Å². The molecule has 3 aromatic carbocycles. The fourth-order valence-corrected chi connectivity index (χ4v) is 3.59. The molecule has 0 aliphatic carbocycles. The molecule has 0 radical (unpaired) electrons. The van der Waals surface area contributed by atoms with Gasteiger partial charge in [0, 0.05) is 16.3 Å². The van der Waals surface area contributed by atoms with Crippen molar-refractivity contribution in [1.82, 2.24) is 4.98 Å². The third-order valence-electron chi connectivity index (χ3n) is 3.93. The summed E-state index contributed by atoms with van der Waals surface area (Å²) in [5.41, 5.74) is 3.81. The van der Waals surface area contributed by atoms with Crippen LogP contribution in [0, 0.1) is 0 Å². The highest BCUT2D eigenvalue weighted by Crippen LogP contribution is 2.39. The highest BCUT2D eigenvalue weighted by molar-refractivity contribution is 7.98. The number of thioether (sulfide) groups is 1. The number of aromatic nitrogens is 1. The van der Waals surface area contributed by atoms with E-state index in [-0.39, 0.29) is 0 Å². The largest absolute Gasteiger partial charge is 0.349 e. The van der Waals surface area contributed by atoms with Gasteiger partial charge in [0.05, 0.1) is 10.5 Å². The van der Waals surface area contributed by atoms with E-state index in [1.54, 1.807) is 11.8 Å². The Morgan fingerprint density at radius 3 is 2.33 bits per heavy atom. The molecule has 2 heteroatoms. The molecular weight excluding hydrogens is 274 g/mol. The number of nitrogens with one attached hydrogen (secondary N) is 1. The Balaban J connectivity index is 2.13. The highest BCUT2D eigenvalue weighted by Gasteiger charge is 2.14. The van der Waals surface area contributed by atoms with Crippen molar-refractivity contribution in [3.63, 3.8) is 0 Å². The molecular formula is C19H15NS. The topological polar surface area (TPSA) is 15.8 Å². The predicted octanol–water partition coefficient (Wildman–Crippen LogP) is 5.71. The molecule has 0 saturated heterocycles. The monoisotopic (exact) mass is 289 g/mol. The third kappa shape index (κ3) is 1.95. The minimum atomic E-state index is 1.23. The summed E-state index contributed by atoms with van der Waals surface area (Å²) in [5, 5.41) is 5.09. The Morgan fingerprint density at radius 2 is 1.52 bits per heavy atom. The summed E-state index contributed by atoms with van der Waals surface area (Å²) in [5.74, 6) is 0. The normalized spacial score (nSPS) is 11.3. The maximum atomic E-state index is 3.62. The zero-order chi connectivity index (χ0) is 14.2. The van der Waals surface area contributed by atoms with Crippen LogP contribution in [0.1, 0.15) is 0 Å².